The first-order valence-corrected chi connectivity index (χ1v) is 7.42. The summed E-state index contributed by atoms with van der Waals surface area (Å²) < 4.78 is 10.9. The number of hydrogen-bond donors (Lipinski definition) is 1. The van der Waals surface area contributed by atoms with Gasteiger partial charge in [-0.05, 0) is 31.5 Å². The van der Waals surface area contributed by atoms with E-state index in [4.69, 9.17) is 9.47 Å². The molecule has 1 aliphatic heterocycles. The maximum absolute atomic E-state index is 5.52. The molecule has 1 aromatic carbocycles. The van der Waals surface area contributed by atoms with Gasteiger partial charge in [0.2, 0.25) is 0 Å². The van der Waals surface area contributed by atoms with Crippen LogP contribution in [-0.4, -0.2) is 44.3 Å². The summed E-state index contributed by atoms with van der Waals surface area (Å²) in [5.41, 5.74) is 2.46. The van der Waals surface area contributed by atoms with Crippen molar-refractivity contribution < 1.29 is 9.47 Å². The molecule has 112 valence electrons. The third kappa shape index (κ3) is 4.20. The number of hydrogen-bond acceptors (Lipinski definition) is 4. The molecule has 0 radical (unpaired) electrons. The van der Waals surface area contributed by atoms with Gasteiger partial charge in [0.25, 0.3) is 0 Å². The molecule has 0 aliphatic carbocycles. The summed E-state index contributed by atoms with van der Waals surface area (Å²) in [4.78, 5) is 2.49. The molecule has 1 unspecified atom stereocenters. The van der Waals surface area contributed by atoms with E-state index in [9.17, 15) is 0 Å². The fourth-order valence-electron chi connectivity index (χ4n) is 2.67. The predicted octanol–water partition coefficient (Wildman–Crippen LogP) is 2.03. The van der Waals surface area contributed by atoms with Gasteiger partial charge in [0.15, 0.2) is 0 Å². The molecule has 4 heteroatoms. The predicted molar refractivity (Wildman–Crippen MR) is 81.1 cm³/mol. The van der Waals surface area contributed by atoms with Gasteiger partial charge >= 0.3 is 0 Å². The second-order valence-corrected chi connectivity index (χ2v) is 5.37. The molecule has 20 heavy (non-hydrogen) atoms. The molecule has 1 aliphatic rings. The number of piperazine rings is 1. The zero-order valence-corrected chi connectivity index (χ0v) is 12.8. The maximum Gasteiger partial charge on any atom is 0.124 e. The van der Waals surface area contributed by atoms with Crippen molar-refractivity contribution in [1.29, 1.82) is 0 Å². The summed E-state index contributed by atoms with van der Waals surface area (Å²) in [5, 5.41) is 3.47. The Morgan fingerprint density at radius 3 is 2.95 bits per heavy atom. The zero-order valence-electron chi connectivity index (χ0n) is 12.8. The van der Waals surface area contributed by atoms with Crippen LogP contribution in [0.4, 0.5) is 0 Å². The van der Waals surface area contributed by atoms with E-state index >= 15 is 0 Å². The summed E-state index contributed by atoms with van der Waals surface area (Å²) >= 11 is 0. The van der Waals surface area contributed by atoms with E-state index in [1.54, 1.807) is 7.11 Å². The van der Waals surface area contributed by atoms with E-state index in [-0.39, 0.29) is 0 Å². The van der Waals surface area contributed by atoms with Crippen molar-refractivity contribution in [2.75, 3.05) is 33.4 Å². The number of nitrogens with zero attached hydrogens (tertiary/aromatic N) is 1. The molecule has 0 spiro atoms. The lowest BCUT2D eigenvalue weighted by Crippen LogP contribution is -2.48. The number of nitrogens with one attached hydrogen (secondary N) is 1. The molecule has 1 N–H and O–H groups in total. The van der Waals surface area contributed by atoms with Crippen LogP contribution in [0.2, 0.25) is 0 Å². The van der Waals surface area contributed by atoms with Crippen molar-refractivity contribution in [1.82, 2.24) is 10.2 Å². The average molecular weight is 278 g/mol. The standard InChI is InChI=1S/C16H26N2O2/c1-4-20-12-15-9-14(5-6-16(15)19-3)11-18-8-7-17-13(2)10-18/h5-6,9,13,17H,4,7-8,10-12H2,1-3H3. The van der Waals surface area contributed by atoms with Gasteiger partial charge in [0, 0.05) is 44.4 Å². The van der Waals surface area contributed by atoms with E-state index in [1.165, 1.54) is 5.56 Å². The zero-order chi connectivity index (χ0) is 14.4. The number of benzene rings is 1. The lowest BCUT2D eigenvalue weighted by Gasteiger charge is -2.32. The Labute approximate surface area is 122 Å². The summed E-state index contributed by atoms with van der Waals surface area (Å²) in [6.07, 6.45) is 0. The lowest BCUT2D eigenvalue weighted by molar-refractivity contribution is 0.131. The first-order chi connectivity index (χ1) is 9.72. The van der Waals surface area contributed by atoms with Crippen molar-refractivity contribution in [2.45, 2.75) is 33.0 Å². The molecule has 1 saturated heterocycles. The summed E-state index contributed by atoms with van der Waals surface area (Å²) in [6.45, 7) is 9.87. The molecule has 1 aromatic rings. The third-order valence-corrected chi connectivity index (χ3v) is 3.67. The monoisotopic (exact) mass is 278 g/mol. The highest BCUT2D eigenvalue weighted by atomic mass is 16.5. The van der Waals surface area contributed by atoms with Gasteiger partial charge in [-0.3, -0.25) is 4.90 Å². The second-order valence-electron chi connectivity index (χ2n) is 5.37. The molecule has 2 rings (SSSR count). The highest BCUT2D eigenvalue weighted by molar-refractivity contribution is 5.37. The molecule has 1 atom stereocenters. The van der Waals surface area contributed by atoms with Gasteiger partial charge in [-0.2, -0.15) is 0 Å². The summed E-state index contributed by atoms with van der Waals surface area (Å²) in [7, 11) is 1.71. The van der Waals surface area contributed by atoms with Crippen LogP contribution < -0.4 is 10.1 Å². The van der Waals surface area contributed by atoms with E-state index in [1.807, 2.05) is 6.92 Å². The normalized spacial score (nSPS) is 20.1. The van der Waals surface area contributed by atoms with Crippen LogP contribution in [0.15, 0.2) is 18.2 Å². The van der Waals surface area contributed by atoms with Gasteiger partial charge in [0.1, 0.15) is 5.75 Å². The van der Waals surface area contributed by atoms with Crippen LogP contribution in [0, 0.1) is 0 Å². The molecule has 0 saturated carbocycles. The van der Waals surface area contributed by atoms with Crippen LogP contribution in [0.3, 0.4) is 0 Å². The average Bonchev–Trinajstić information content (AvgIpc) is 2.45. The smallest absolute Gasteiger partial charge is 0.124 e. The van der Waals surface area contributed by atoms with Crippen molar-refractivity contribution in [3.8, 4) is 5.75 Å². The first kappa shape index (κ1) is 15.3. The molecule has 1 fully saturated rings. The van der Waals surface area contributed by atoms with Crippen LogP contribution in [0.1, 0.15) is 25.0 Å². The summed E-state index contributed by atoms with van der Waals surface area (Å²) in [6, 6.07) is 6.99. The van der Waals surface area contributed by atoms with Crippen molar-refractivity contribution in [3.05, 3.63) is 29.3 Å². The molecule has 0 bridgehead atoms. The Balaban J connectivity index is 2.03. The number of ether oxygens (including phenoxy) is 2. The van der Waals surface area contributed by atoms with Gasteiger partial charge < -0.3 is 14.8 Å². The minimum atomic E-state index is 0.574. The quantitative estimate of drug-likeness (QED) is 0.863. The molecule has 1 heterocycles. The van der Waals surface area contributed by atoms with E-state index in [0.29, 0.717) is 12.6 Å². The maximum atomic E-state index is 5.52. The van der Waals surface area contributed by atoms with Gasteiger partial charge in [0.05, 0.1) is 13.7 Å². The van der Waals surface area contributed by atoms with E-state index < -0.39 is 0 Å². The Morgan fingerprint density at radius 1 is 1.40 bits per heavy atom. The lowest BCUT2D eigenvalue weighted by atomic mass is 10.1. The minimum absolute atomic E-state index is 0.574. The Kier molecular flexibility index (Phi) is 5.83. The minimum Gasteiger partial charge on any atom is -0.496 e. The molecule has 0 amide bonds. The van der Waals surface area contributed by atoms with E-state index in [0.717, 1.165) is 44.1 Å². The van der Waals surface area contributed by atoms with Crippen LogP contribution >= 0.6 is 0 Å². The SMILES string of the molecule is CCOCc1cc(CN2CCNC(C)C2)ccc1OC. The molecule has 4 nitrogen and oxygen atoms in total. The highest BCUT2D eigenvalue weighted by Gasteiger charge is 2.16. The van der Waals surface area contributed by atoms with Crippen LogP contribution in [0.5, 0.6) is 5.75 Å². The van der Waals surface area contributed by atoms with Crippen molar-refractivity contribution >= 4 is 0 Å². The Bertz CT molecular complexity index is 423. The fraction of sp³-hybridized carbons (Fsp3) is 0.625. The molecular weight excluding hydrogens is 252 g/mol. The highest BCUT2D eigenvalue weighted by Crippen LogP contribution is 2.22. The van der Waals surface area contributed by atoms with Crippen molar-refractivity contribution in [2.24, 2.45) is 0 Å². The van der Waals surface area contributed by atoms with Crippen LogP contribution in [-0.2, 0) is 17.9 Å². The van der Waals surface area contributed by atoms with Crippen molar-refractivity contribution in [3.63, 3.8) is 0 Å². The van der Waals surface area contributed by atoms with Gasteiger partial charge in [-0.1, -0.05) is 6.07 Å². The fourth-order valence-corrected chi connectivity index (χ4v) is 2.67. The van der Waals surface area contributed by atoms with Gasteiger partial charge in [-0.25, -0.2) is 0 Å². The number of rotatable bonds is 6. The van der Waals surface area contributed by atoms with Crippen LogP contribution in [0.25, 0.3) is 0 Å². The molecular formula is C16H26N2O2. The first-order valence-electron chi connectivity index (χ1n) is 7.42. The topological polar surface area (TPSA) is 33.7 Å². The largest absolute Gasteiger partial charge is 0.496 e. The second kappa shape index (κ2) is 7.62. The summed E-state index contributed by atoms with van der Waals surface area (Å²) in [5.74, 6) is 0.913. The molecule has 0 aromatic heterocycles. The Hall–Kier alpha value is -1.10. The third-order valence-electron chi connectivity index (χ3n) is 3.67. The number of methoxy groups -OCH3 is 1. The van der Waals surface area contributed by atoms with Gasteiger partial charge in [-0.15, -0.1) is 0 Å². The van der Waals surface area contributed by atoms with E-state index in [2.05, 4.69) is 35.3 Å². The Morgan fingerprint density at radius 2 is 2.25 bits per heavy atom.